The molecular formula is C27H28O17. The van der Waals surface area contributed by atoms with Crippen molar-refractivity contribution in [2.24, 2.45) is 0 Å². The lowest BCUT2D eigenvalue weighted by Crippen LogP contribution is -2.65. The van der Waals surface area contributed by atoms with Gasteiger partial charge in [-0.2, -0.15) is 0 Å². The minimum absolute atomic E-state index is 0.113. The van der Waals surface area contributed by atoms with Gasteiger partial charge in [-0.1, -0.05) is 0 Å². The summed E-state index contributed by atoms with van der Waals surface area (Å²) >= 11 is 0. The summed E-state index contributed by atoms with van der Waals surface area (Å²) in [6.07, 6.45) is -18.7. The lowest BCUT2D eigenvalue weighted by molar-refractivity contribution is -0.351. The van der Waals surface area contributed by atoms with Crippen LogP contribution in [0.15, 0.2) is 39.5 Å². The Morgan fingerprint density at radius 3 is 2.16 bits per heavy atom. The fraction of sp³-hybridized carbons (Fsp3) is 0.407. The third kappa shape index (κ3) is 5.46. The number of carbonyl (C=O) groups is 1. The number of aliphatic hydroxyl groups excluding tert-OH is 5. The molecular weight excluding hydrogens is 596 g/mol. The SMILES string of the molecule is CC1OC(OC2C(Oc3c(-c4ccc(O)c(O)c4)oc4cc(O)cc(O)c4c3=O)OC(C(=O)O)C(O)C2O)C(O)C(O)C1O. The quantitative estimate of drug-likeness (QED) is 0.138. The summed E-state index contributed by atoms with van der Waals surface area (Å²) < 4.78 is 27.8. The van der Waals surface area contributed by atoms with Crippen LogP contribution >= 0.6 is 0 Å². The number of phenols is 4. The highest BCUT2D eigenvalue weighted by Gasteiger charge is 2.53. The third-order valence-corrected chi connectivity index (χ3v) is 7.28. The van der Waals surface area contributed by atoms with Crippen molar-refractivity contribution in [1.82, 2.24) is 0 Å². The summed E-state index contributed by atoms with van der Waals surface area (Å²) in [4.78, 5) is 25.6. The molecule has 1 aromatic heterocycles. The molecule has 2 aliphatic heterocycles. The number of aliphatic carboxylic acids is 1. The standard InChI is InChI=1S/C27H28O17/c1-7-15(32)17(34)20(37)26(40-7)44-24-19(36)18(35)23(25(38)39)43-27(24)42-22-16(33)14-12(31)5-9(28)6-13(14)41-21(22)8-2-3-10(29)11(30)4-8/h2-7,15,17-20,23-24,26-32,34-37H,1H3,(H,38,39). The molecule has 2 saturated heterocycles. The van der Waals surface area contributed by atoms with Crippen molar-refractivity contribution in [2.45, 2.75) is 68.3 Å². The first kappa shape index (κ1) is 31.2. The van der Waals surface area contributed by atoms with E-state index in [0.29, 0.717) is 0 Å². The number of rotatable bonds is 6. The molecule has 3 heterocycles. The van der Waals surface area contributed by atoms with Crippen LogP contribution in [0.5, 0.6) is 28.7 Å². The zero-order chi connectivity index (χ0) is 32.2. The van der Waals surface area contributed by atoms with Gasteiger partial charge in [-0.3, -0.25) is 4.79 Å². The first-order chi connectivity index (χ1) is 20.7. The van der Waals surface area contributed by atoms with Crippen molar-refractivity contribution in [3.63, 3.8) is 0 Å². The maximum Gasteiger partial charge on any atom is 0.335 e. The number of ether oxygens (including phenoxy) is 4. The van der Waals surface area contributed by atoms with Gasteiger partial charge in [0.05, 0.1) is 6.10 Å². The van der Waals surface area contributed by atoms with Gasteiger partial charge in [0, 0.05) is 17.7 Å². The van der Waals surface area contributed by atoms with E-state index in [1.54, 1.807) is 0 Å². The van der Waals surface area contributed by atoms with E-state index in [4.69, 9.17) is 23.4 Å². The maximum absolute atomic E-state index is 13.7. The highest BCUT2D eigenvalue weighted by molar-refractivity contribution is 5.88. The molecule has 0 saturated carbocycles. The van der Waals surface area contributed by atoms with E-state index in [2.05, 4.69) is 0 Å². The van der Waals surface area contributed by atoms with Crippen LogP contribution in [0.2, 0.25) is 0 Å². The van der Waals surface area contributed by atoms with Gasteiger partial charge < -0.3 is 74.4 Å². The molecule has 3 aromatic rings. The highest BCUT2D eigenvalue weighted by atomic mass is 16.8. The zero-order valence-electron chi connectivity index (χ0n) is 22.5. The zero-order valence-corrected chi connectivity index (χ0v) is 22.5. The second-order valence-corrected chi connectivity index (χ2v) is 10.3. The van der Waals surface area contributed by atoms with Gasteiger partial charge in [0.1, 0.15) is 53.0 Å². The van der Waals surface area contributed by atoms with Crippen LogP contribution in [0.1, 0.15) is 6.92 Å². The van der Waals surface area contributed by atoms with E-state index in [0.717, 1.165) is 24.3 Å². The molecule has 0 amide bonds. The van der Waals surface area contributed by atoms with Crippen LogP contribution in [-0.4, -0.2) is 118 Å². The molecule has 17 nitrogen and oxygen atoms in total. The number of fused-ring (bicyclic) bond motifs is 1. The van der Waals surface area contributed by atoms with Crippen LogP contribution in [0.4, 0.5) is 0 Å². The van der Waals surface area contributed by atoms with Crippen LogP contribution in [-0.2, 0) is 19.0 Å². The van der Waals surface area contributed by atoms with Gasteiger partial charge in [-0.15, -0.1) is 0 Å². The van der Waals surface area contributed by atoms with Crippen LogP contribution < -0.4 is 10.2 Å². The van der Waals surface area contributed by atoms with E-state index in [-0.39, 0.29) is 11.1 Å². The number of hydrogen-bond donors (Lipinski definition) is 10. The summed E-state index contributed by atoms with van der Waals surface area (Å²) in [6.45, 7) is 1.33. The number of hydrogen-bond acceptors (Lipinski definition) is 16. The van der Waals surface area contributed by atoms with Gasteiger partial charge in [0.25, 0.3) is 0 Å². The van der Waals surface area contributed by atoms with Gasteiger partial charge in [-0.25, -0.2) is 4.79 Å². The average Bonchev–Trinajstić information content (AvgIpc) is 2.96. The monoisotopic (exact) mass is 624 g/mol. The fourth-order valence-corrected chi connectivity index (χ4v) is 4.91. The van der Waals surface area contributed by atoms with Crippen LogP contribution in [0.3, 0.4) is 0 Å². The number of aliphatic hydroxyl groups is 5. The van der Waals surface area contributed by atoms with Crippen molar-refractivity contribution in [1.29, 1.82) is 0 Å². The number of carboxylic acids is 1. The molecule has 0 bridgehead atoms. The summed E-state index contributed by atoms with van der Waals surface area (Å²) in [5, 5.41) is 101. The van der Waals surface area contributed by atoms with Crippen LogP contribution in [0, 0.1) is 0 Å². The number of phenolic OH excluding ortho intramolecular Hbond substituents is 4. The maximum atomic E-state index is 13.7. The normalized spacial score (nSPS) is 32.4. The number of benzene rings is 2. The molecule has 10 N–H and O–H groups in total. The summed E-state index contributed by atoms with van der Waals surface area (Å²) in [5.41, 5.74) is -1.60. The van der Waals surface area contributed by atoms with Crippen molar-refractivity contribution in [3.8, 4) is 40.1 Å². The fourth-order valence-electron chi connectivity index (χ4n) is 4.91. The molecule has 17 heteroatoms. The first-order valence-corrected chi connectivity index (χ1v) is 13.0. The minimum Gasteiger partial charge on any atom is -0.508 e. The summed E-state index contributed by atoms with van der Waals surface area (Å²) in [7, 11) is 0. The molecule has 2 fully saturated rings. The van der Waals surface area contributed by atoms with E-state index < -0.39 is 113 Å². The Kier molecular flexibility index (Phi) is 8.31. The van der Waals surface area contributed by atoms with Crippen molar-refractivity contribution >= 4 is 16.9 Å². The van der Waals surface area contributed by atoms with Gasteiger partial charge in [-0.05, 0) is 25.1 Å². The average molecular weight is 625 g/mol. The molecule has 0 radical (unpaired) electrons. The molecule has 0 aliphatic carbocycles. The van der Waals surface area contributed by atoms with Gasteiger partial charge in [0.2, 0.25) is 17.5 Å². The van der Waals surface area contributed by atoms with Crippen molar-refractivity contribution in [2.75, 3.05) is 0 Å². The molecule has 5 rings (SSSR count). The predicted octanol–water partition coefficient (Wildman–Crippen LogP) is -1.59. The van der Waals surface area contributed by atoms with E-state index in [9.17, 15) is 60.7 Å². The largest absolute Gasteiger partial charge is 0.508 e. The van der Waals surface area contributed by atoms with Crippen molar-refractivity contribution in [3.05, 3.63) is 40.6 Å². The molecule has 10 atom stereocenters. The van der Waals surface area contributed by atoms with E-state index in [1.165, 1.54) is 13.0 Å². The van der Waals surface area contributed by atoms with Crippen LogP contribution in [0.25, 0.3) is 22.3 Å². The van der Waals surface area contributed by atoms with E-state index in [1.807, 2.05) is 0 Å². The molecule has 44 heavy (non-hydrogen) atoms. The van der Waals surface area contributed by atoms with E-state index >= 15 is 0 Å². The Morgan fingerprint density at radius 2 is 1.50 bits per heavy atom. The predicted molar refractivity (Wildman–Crippen MR) is 141 cm³/mol. The lowest BCUT2D eigenvalue weighted by Gasteiger charge is -2.45. The Labute approximate surface area is 245 Å². The Morgan fingerprint density at radius 1 is 0.795 bits per heavy atom. The molecule has 10 unspecified atom stereocenters. The molecule has 0 spiro atoms. The van der Waals surface area contributed by atoms with Gasteiger partial charge >= 0.3 is 5.97 Å². The Bertz CT molecular complexity index is 1620. The summed E-state index contributed by atoms with van der Waals surface area (Å²) in [6, 6.07) is 4.98. The molecule has 2 aromatic carbocycles. The lowest BCUT2D eigenvalue weighted by atomic mass is 9.97. The number of carboxylic acid groups (broad SMARTS) is 1. The highest BCUT2D eigenvalue weighted by Crippen LogP contribution is 2.40. The molecule has 238 valence electrons. The third-order valence-electron chi connectivity index (χ3n) is 7.28. The Balaban J connectivity index is 1.64. The number of aromatic hydroxyl groups is 4. The Hall–Kier alpha value is -4.20. The van der Waals surface area contributed by atoms with Crippen molar-refractivity contribution < 1.29 is 79.2 Å². The minimum atomic E-state index is -2.16. The molecule has 2 aliphatic rings. The topological polar surface area (TPSA) is 286 Å². The summed E-state index contributed by atoms with van der Waals surface area (Å²) in [5.74, 6) is -5.53. The second-order valence-electron chi connectivity index (χ2n) is 10.3. The first-order valence-electron chi connectivity index (χ1n) is 13.0. The van der Waals surface area contributed by atoms with Gasteiger partial charge in [0.15, 0.2) is 35.8 Å². The smallest absolute Gasteiger partial charge is 0.335 e. The second kappa shape index (κ2) is 11.7.